The lowest BCUT2D eigenvalue weighted by molar-refractivity contribution is 0.0980. The fourth-order valence-corrected chi connectivity index (χ4v) is 3.52. The maximum absolute atomic E-state index is 13.3. The van der Waals surface area contributed by atoms with Crippen molar-refractivity contribution in [3.8, 4) is 0 Å². The zero-order valence-electron chi connectivity index (χ0n) is 16.8. The van der Waals surface area contributed by atoms with Crippen LogP contribution < -0.4 is 21.3 Å². The first-order chi connectivity index (χ1) is 14.7. The molecule has 1 aliphatic rings. The van der Waals surface area contributed by atoms with Crippen LogP contribution in [0.1, 0.15) is 31.8 Å². The molecule has 2 aromatic carbocycles. The molecule has 8 nitrogen and oxygen atoms in total. The summed E-state index contributed by atoms with van der Waals surface area (Å²) in [5, 5.41) is 30.2. The molecule has 0 saturated heterocycles. The predicted octanol–water partition coefficient (Wildman–Crippen LogP) is 0.450. The summed E-state index contributed by atoms with van der Waals surface area (Å²) in [6.07, 6.45) is 0. The topological polar surface area (TPSA) is 123 Å². The van der Waals surface area contributed by atoms with E-state index in [0.29, 0.717) is 72.9 Å². The summed E-state index contributed by atoms with van der Waals surface area (Å²) in [5.41, 5.74) is 2.86. The monoisotopic (exact) mass is 412 g/mol. The molecule has 8 heteroatoms. The number of carbonyl (C=O) groups excluding carboxylic acids is 2. The molecule has 0 radical (unpaired) electrons. The van der Waals surface area contributed by atoms with Gasteiger partial charge < -0.3 is 31.5 Å². The number of ketones is 2. The lowest BCUT2D eigenvalue weighted by Gasteiger charge is -2.23. The molecule has 0 spiro atoms. The van der Waals surface area contributed by atoms with Gasteiger partial charge in [-0.2, -0.15) is 0 Å². The van der Waals surface area contributed by atoms with Crippen molar-refractivity contribution >= 4 is 22.9 Å². The van der Waals surface area contributed by atoms with Crippen LogP contribution in [0.2, 0.25) is 0 Å². The molecule has 0 unspecified atom stereocenters. The van der Waals surface area contributed by atoms with E-state index in [9.17, 15) is 9.59 Å². The number of hydrogen-bond acceptors (Lipinski definition) is 8. The molecule has 0 aromatic heterocycles. The normalized spacial score (nSPS) is 12.5. The Balaban J connectivity index is 1.80. The maximum Gasteiger partial charge on any atom is 0.196 e. The van der Waals surface area contributed by atoms with Gasteiger partial charge in [-0.1, -0.05) is 24.3 Å². The van der Waals surface area contributed by atoms with E-state index in [0.717, 1.165) is 0 Å². The number of anilines is 2. The lowest BCUT2D eigenvalue weighted by atomic mass is 9.82. The Morgan fingerprint density at radius 1 is 0.600 bits per heavy atom. The Kier molecular flexibility index (Phi) is 7.92. The minimum Gasteiger partial charge on any atom is -0.395 e. The third-order valence-corrected chi connectivity index (χ3v) is 4.88. The van der Waals surface area contributed by atoms with Crippen LogP contribution in [0.3, 0.4) is 0 Å². The fraction of sp³-hybridized carbons (Fsp3) is 0.364. The van der Waals surface area contributed by atoms with Gasteiger partial charge in [-0.05, 0) is 12.1 Å². The van der Waals surface area contributed by atoms with Gasteiger partial charge in [-0.15, -0.1) is 0 Å². The summed E-state index contributed by atoms with van der Waals surface area (Å²) in [5.74, 6) is -0.346. The highest BCUT2D eigenvalue weighted by Crippen LogP contribution is 2.35. The first-order valence-corrected chi connectivity index (χ1v) is 10.2. The van der Waals surface area contributed by atoms with E-state index in [1.165, 1.54) is 0 Å². The fourth-order valence-electron chi connectivity index (χ4n) is 3.52. The molecule has 30 heavy (non-hydrogen) atoms. The van der Waals surface area contributed by atoms with Gasteiger partial charge in [0.15, 0.2) is 11.6 Å². The molecule has 0 heterocycles. The van der Waals surface area contributed by atoms with Crippen LogP contribution >= 0.6 is 0 Å². The highest BCUT2D eigenvalue weighted by molar-refractivity contribution is 6.31. The molecule has 2 aromatic rings. The molecule has 160 valence electrons. The Hall–Kier alpha value is -2.78. The van der Waals surface area contributed by atoms with Crippen LogP contribution in [-0.2, 0) is 0 Å². The molecule has 0 aliphatic heterocycles. The smallest absolute Gasteiger partial charge is 0.196 e. The number of hydrogen-bond donors (Lipinski definition) is 6. The largest absolute Gasteiger partial charge is 0.395 e. The SMILES string of the molecule is O=C1c2cccc(NCCNCCO)c2C(=O)c2cccc(NCCNCCO)c21. The van der Waals surface area contributed by atoms with Gasteiger partial charge in [0, 0.05) is 61.8 Å². The Bertz CT molecular complexity index is 827. The maximum atomic E-state index is 13.3. The summed E-state index contributed by atoms with van der Waals surface area (Å²) in [7, 11) is 0. The van der Waals surface area contributed by atoms with Crippen molar-refractivity contribution in [2.24, 2.45) is 0 Å². The minimum absolute atomic E-state index is 0.0678. The van der Waals surface area contributed by atoms with Gasteiger partial charge in [-0.25, -0.2) is 0 Å². The Labute approximate surface area is 175 Å². The molecular weight excluding hydrogens is 384 g/mol. The standard InChI is InChI=1S/C22H28N4O4/c27-13-11-23-7-9-25-17-5-1-3-15-19(17)22(30)16-4-2-6-18(20(16)21(15)29)26-10-8-24-12-14-28/h1-6,23-28H,7-14H2. The first-order valence-electron chi connectivity index (χ1n) is 10.2. The van der Waals surface area contributed by atoms with Gasteiger partial charge in [0.2, 0.25) is 0 Å². The third kappa shape index (κ3) is 4.85. The molecule has 0 atom stereocenters. The second kappa shape index (κ2) is 10.8. The Morgan fingerprint density at radius 2 is 1.03 bits per heavy atom. The highest BCUT2D eigenvalue weighted by Gasteiger charge is 2.33. The van der Waals surface area contributed by atoms with E-state index in [1.807, 2.05) is 0 Å². The summed E-state index contributed by atoms with van der Waals surface area (Å²) in [4.78, 5) is 26.5. The number of aliphatic hydroxyl groups excluding tert-OH is 2. The van der Waals surface area contributed by atoms with E-state index in [-0.39, 0.29) is 24.8 Å². The molecule has 6 N–H and O–H groups in total. The average molecular weight is 412 g/mol. The highest BCUT2D eigenvalue weighted by atomic mass is 16.3. The van der Waals surface area contributed by atoms with Crippen molar-refractivity contribution in [1.82, 2.24) is 10.6 Å². The van der Waals surface area contributed by atoms with Crippen molar-refractivity contribution in [2.75, 3.05) is 63.1 Å². The van der Waals surface area contributed by atoms with Gasteiger partial charge >= 0.3 is 0 Å². The summed E-state index contributed by atoms with van der Waals surface area (Å²) >= 11 is 0. The zero-order valence-corrected chi connectivity index (χ0v) is 16.8. The van der Waals surface area contributed by atoms with E-state index in [2.05, 4.69) is 21.3 Å². The number of carbonyl (C=O) groups is 2. The van der Waals surface area contributed by atoms with Crippen LogP contribution in [0.4, 0.5) is 11.4 Å². The van der Waals surface area contributed by atoms with E-state index < -0.39 is 0 Å². The quantitative estimate of drug-likeness (QED) is 0.237. The number of fused-ring (bicyclic) bond motifs is 2. The van der Waals surface area contributed by atoms with Crippen molar-refractivity contribution in [1.29, 1.82) is 0 Å². The van der Waals surface area contributed by atoms with Crippen molar-refractivity contribution in [3.63, 3.8) is 0 Å². The van der Waals surface area contributed by atoms with Gasteiger partial charge in [0.1, 0.15) is 0 Å². The summed E-state index contributed by atoms with van der Waals surface area (Å²) in [6.45, 7) is 3.52. The number of aliphatic hydroxyl groups is 2. The molecule has 1 aliphatic carbocycles. The molecule has 0 fully saturated rings. The summed E-state index contributed by atoms with van der Waals surface area (Å²) in [6, 6.07) is 10.5. The van der Waals surface area contributed by atoms with Crippen LogP contribution in [0.25, 0.3) is 0 Å². The molecule has 0 saturated carbocycles. The van der Waals surface area contributed by atoms with Crippen LogP contribution in [0, 0.1) is 0 Å². The zero-order chi connectivity index (χ0) is 21.3. The predicted molar refractivity (Wildman–Crippen MR) is 117 cm³/mol. The van der Waals surface area contributed by atoms with E-state index in [1.54, 1.807) is 36.4 Å². The van der Waals surface area contributed by atoms with Crippen molar-refractivity contribution in [2.45, 2.75) is 0 Å². The second-order valence-electron chi connectivity index (χ2n) is 6.92. The van der Waals surface area contributed by atoms with Gasteiger partial charge in [-0.3, -0.25) is 9.59 Å². The van der Waals surface area contributed by atoms with E-state index >= 15 is 0 Å². The molecular formula is C22H28N4O4. The lowest BCUT2D eigenvalue weighted by Crippen LogP contribution is -2.28. The molecule has 0 bridgehead atoms. The second-order valence-corrected chi connectivity index (χ2v) is 6.92. The van der Waals surface area contributed by atoms with Crippen molar-refractivity contribution in [3.05, 3.63) is 58.7 Å². The Morgan fingerprint density at radius 3 is 1.43 bits per heavy atom. The number of rotatable bonds is 12. The first kappa shape index (κ1) is 21.9. The van der Waals surface area contributed by atoms with Crippen LogP contribution in [0.5, 0.6) is 0 Å². The van der Waals surface area contributed by atoms with Crippen LogP contribution in [0.15, 0.2) is 36.4 Å². The minimum atomic E-state index is -0.173. The average Bonchev–Trinajstić information content (AvgIpc) is 2.77. The number of benzene rings is 2. The van der Waals surface area contributed by atoms with Gasteiger partial charge in [0.05, 0.1) is 24.3 Å². The number of nitrogens with one attached hydrogen (secondary N) is 4. The van der Waals surface area contributed by atoms with Gasteiger partial charge in [0.25, 0.3) is 0 Å². The van der Waals surface area contributed by atoms with Crippen LogP contribution in [-0.4, -0.2) is 74.3 Å². The third-order valence-electron chi connectivity index (χ3n) is 4.88. The van der Waals surface area contributed by atoms with E-state index in [4.69, 9.17) is 10.2 Å². The molecule has 0 amide bonds. The van der Waals surface area contributed by atoms with Crippen molar-refractivity contribution < 1.29 is 19.8 Å². The molecule has 3 rings (SSSR count). The summed E-state index contributed by atoms with van der Waals surface area (Å²) < 4.78 is 0.